The van der Waals surface area contributed by atoms with Crippen molar-refractivity contribution >= 4 is 27.7 Å². The standard InChI is InChI=1S/C22H34FN3O4S2/c1-4-13-32(28,29)26-11-9-25(10-12-26)22(7-5-6-8-22)16-24-21(27)20-18(30-2)14-17(23)15-19(20)31-3/h14-15H,4-13,16H2,1-3H3,(H,24,27). The Bertz CT molecular complexity index is 887. The molecule has 0 bridgehead atoms. The summed E-state index contributed by atoms with van der Waals surface area (Å²) in [6, 6.07) is 2.58. The number of amides is 1. The number of nitrogens with zero attached hydrogens (tertiary/aromatic N) is 2. The summed E-state index contributed by atoms with van der Waals surface area (Å²) in [5, 5.41) is 3.08. The zero-order valence-corrected chi connectivity index (χ0v) is 20.8. The van der Waals surface area contributed by atoms with Gasteiger partial charge < -0.3 is 10.1 Å². The molecule has 1 N–H and O–H groups in total. The van der Waals surface area contributed by atoms with E-state index in [-0.39, 0.29) is 22.9 Å². The fourth-order valence-electron chi connectivity index (χ4n) is 4.90. The summed E-state index contributed by atoms with van der Waals surface area (Å²) in [4.78, 5) is 16.0. The molecule has 1 aliphatic heterocycles. The van der Waals surface area contributed by atoms with Crippen molar-refractivity contribution in [3.8, 4) is 5.75 Å². The lowest BCUT2D eigenvalue weighted by atomic mass is 9.93. The molecule has 1 saturated heterocycles. The maximum absolute atomic E-state index is 13.9. The summed E-state index contributed by atoms with van der Waals surface area (Å²) in [6.07, 6.45) is 6.51. The molecule has 32 heavy (non-hydrogen) atoms. The summed E-state index contributed by atoms with van der Waals surface area (Å²) in [5.74, 6) is -0.305. The molecule has 1 saturated carbocycles. The molecule has 0 atom stereocenters. The molecular weight excluding hydrogens is 453 g/mol. The van der Waals surface area contributed by atoms with Gasteiger partial charge in [0, 0.05) is 49.2 Å². The van der Waals surface area contributed by atoms with E-state index < -0.39 is 15.8 Å². The first kappa shape index (κ1) is 25.3. The molecular formula is C22H34FN3O4S2. The second kappa shape index (κ2) is 10.7. The summed E-state index contributed by atoms with van der Waals surface area (Å²) in [6.45, 7) is 4.65. The summed E-state index contributed by atoms with van der Waals surface area (Å²) in [5.41, 5.74) is 0.174. The van der Waals surface area contributed by atoms with E-state index in [1.807, 2.05) is 6.92 Å². The molecule has 0 radical (unpaired) electrons. The number of ether oxygens (including phenoxy) is 1. The smallest absolute Gasteiger partial charge is 0.256 e. The Hall–Kier alpha value is -1.36. The monoisotopic (exact) mass is 487 g/mol. The zero-order valence-electron chi connectivity index (χ0n) is 19.2. The van der Waals surface area contributed by atoms with Gasteiger partial charge in [0.15, 0.2) is 0 Å². The number of carbonyl (C=O) groups excluding carboxylic acids is 1. The predicted octanol–water partition coefficient (Wildman–Crippen LogP) is 2.96. The van der Waals surface area contributed by atoms with E-state index in [0.717, 1.165) is 25.7 Å². The topological polar surface area (TPSA) is 79.0 Å². The van der Waals surface area contributed by atoms with Crippen LogP contribution >= 0.6 is 11.8 Å². The van der Waals surface area contributed by atoms with Crippen LogP contribution < -0.4 is 10.1 Å². The highest BCUT2D eigenvalue weighted by atomic mass is 32.2. The fraction of sp³-hybridized carbons (Fsp3) is 0.682. The van der Waals surface area contributed by atoms with Gasteiger partial charge in [-0.2, -0.15) is 4.31 Å². The quantitative estimate of drug-likeness (QED) is 0.540. The van der Waals surface area contributed by atoms with E-state index >= 15 is 0 Å². The highest BCUT2D eigenvalue weighted by molar-refractivity contribution is 7.98. The number of benzene rings is 1. The lowest BCUT2D eigenvalue weighted by molar-refractivity contribution is 0.0539. The van der Waals surface area contributed by atoms with E-state index in [2.05, 4.69) is 10.2 Å². The Morgan fingerprint density at radius 2 is 1.88 bits per heavy atom. The van der Waals surface area contributed by atoms with Crippen molar-refractivity contribution in [2.75, 3.05) is 51.8 Å². The number of halogens is 1. The maximum atomic E-state index is 13.9. The van der Waals surface area contributed by atoms with Gasteiger partial charge in [0.1, 0.15) is 11.6 Å². The number of sulfonamides is 1. The number of thioether (sulfide) groups is 1. The van der Waals surface area contributed by atoms with Gasteiger partial charge in [-0.3, -0.25) is 9.69 Å². The van der Waals surface area contributed by atoms with Crippen molar-refractivity contribution < 1.29 is 22.3 Å². The zero-order chi connectivity index (χ0) is 23.4. The van der Waals surface area contributed by atoms with Gasteiger partial charge in [-0.05, 0) is 31.6 Å². The number of rotatable bonds is 9. The van der Waals surface area contributed by atoms with Gasteiger partial charge >= 0.3 is 0 Å². The Labute approximate surface area is 195 Å². The van der Waals surface area contributed by atoms with Gasteiger partial charge in [-0.15, -0.1) is 11.8 Å². The number of carbonyl (C=O) groups is 1. The minimum atomic E-state index is -3.19. The molecule has 2 aliphatic rings. The third-order valence-corrected chi connectivity index (χ3v) is 9.41. The number of piperazine rings is 1. The average molecular weight is 488 g/mol. The maximum Gasteiger partial charge on any atom is 0.256 e. The molecule has 1 aromatic rings. The highest BCUT2D eigenvalue weighted by Gasteiger charge is 2.42. The number of methoxy groups -OCH3 is 1. The Morgan fingerprint density at radius 3 is 2.44 bits per heavy atom. The van der Waals surface area contributed by atoms with E-state index in [1.165, 1.54) is 31.0 Å². The van der Waals surface area contributed by atoms with E-state index in [0.29, 0.717) is 49.6 Å². The lowest BCUT2D eigenvalue weighted by Gasteiger charge is -2.45. The van der Waals surface area contributed by atoms with Crippen LogP contribution in [-0.2, 0) is 10.0 Å². The molecule has 2 fully saturated rings. The molecule has 180 valence electrons. The molecule has 0 unspecified atom stereocenters. The van der Waals surface area contributed by atoms with Gasteiger partial charge in [-0.25, -0.2) is 12.8 Å². The van der Waals surface area contributed by atoms with E-state index in [4.69, 9.17) is 4.74 Å². The van der Waals surface area contributed by atoms with E-state index in [9.17, 15) is 17.6 Å². The molecule has 1 aromatic carbocycles. The first-order valence-electron chi connectivity index (χ1n) is 11.2. The predicted molar refractivity (Wildman–Crippen MR) is 125 cm³/mol. The second-order valence-corrected chi connectivity index (χ2v) is 11.4. The van der Waals surface area contributed by atoms with Gasteiger partial charge in [0.05, 0.1) is 18.4 Å². The summed E-state index contributed by atoms with van der Waals surface area (Å²) in [7, 11) is -1.76. The van der Waals surface area contributed by atoms with Crippen LogP contribution in [0.15, 0.2) is 17.0 Å². The molecule has 10 heteroatoms. The van der Waals surface area contributed by atoms with Crippen molar-refractivity contribution in [2.45, 2.75) is 49.5 Å². The molecule has 1 aliphatic carbocycles. The molecule has 1 heterocycles. The first-order chi connectivity index (χ1) is 15.3. The van der Waals surface area contributed by atoms with Crippen LogP contribution in [0.1, 0.15) is 49.4 Å². The van der Waals surface area contributed by atoms with Crippen LogP contribution in [0.4, 0.5) is 4.39 Å². The normalized spacial score (nSPS) is 19.8. The summed E-state index contributed by atoms with van der Waals surface area (Å²) >= 11 is 1.31. The highest BCUT2D eigenvalue weighted by Crippen LogP contribution is 2.36. The minimum absolute atomic E-state index is 0.178. The van der Waals surface area contributed by atoms with Crippen LogP contribution in [-0.4, -0.2) is 80.9 Å². The largest absolute Gasteiger partial charge is 0.496 e. The lowest BCUT2D eigenvalue weighted by Crippen LogP contribution is -2.60. The third kappa shape index (κ3) is 5.40. The average Bonchev–Trinajstić information content (AvgIpc) is 3.27. The Morgan fingerprint density at radius 1 is 1.22 bits per heavy atom. The second-order valence-electron chi connectivity index (χ2n) is 8.50. The SMILES string of the molecule is CCCS(=O)(=O)N1CCN(C2(CNC(=O)c3c(OC)cc(F)cc3SC)CCCC2)CC1. The molecule has 0 spiro atoms. The van der Waals surface area contributed by atoms with Crippen molar-refractivity contribution in [2.24, 2.45) is 0 Å². The third-order valence-electron chi connectivity index (χ3n) is 6.57. The van der Waals surface area contributed by atoms with Gasteiger partial charge in [-0.1, -0.05) is 19.8 Å². The molecule has 1 amide bonds. The van der Waals surface area contributed by atoms with Crippen molar-refractivity contribution in [3.63, 3.8) is 0 Å². The minimum Gasteiger partial charge on any atom is -0.496 e. The van der Waals surface area contributed by atoms with Crippen LogP contribution in [0, 0.1) is 5.82 Å². The van der Waals surface area contributed by atoms with Crippen LogP contribution in [0.5, 0.6) is 5.75 Å². The number of nitrogens with one attached hydrogen (secondary N) is 1. The Balaban J connectivity index is 1.71. The molecule has 3 rings (SSSR count). The first-order valence-corrected chi connectivity index (χ1v) is 14.0. The van der Waals surface area contributed by atoms with E-state index in [1.54, 1.807) is 10.6 Å². The van der Waals surface area contributed by atoms with Crippen LogP contribution in [0.3, 0.4) is 0 Å². The molecule has 0 aromatic heterocycles. The van der Waals surface area contributed by atoms with Crippen LogP contribution in [0.2, 0.25) is 0 Å². The van der Waals surface area contributed by atoms with Gasteiger partial charge in [0.2, 0.25) is 10.0 Å². The van der Waals surface area contributed by atoms with Crippen molar-refractivity contribution in [1.82, 2.24) is 14.5 Å². The summed E-state index contributed by atoms with van der Waals surface area (Å²) < 4.78 is 45.6. The Kier molecular flexibility index (Phi) is 8.46. The van der Waals surface area contributed by atoms with Crippen molar-refractivity contribution in [3.05, 3.63) is 23.5 Å². The van der Waals surface area contributed by atoms with Crippen LogP contribution in [0.25, 0.3) is 0 Å². The van der Waals surface area contributed by atoms with Crippen molar-refractivity contribution in [1.29, 1.82) is 0 Å². The fourth-order valence-corrected chi connectivity index (χ4v) is 7.02. The number of hydrogen-bond acceptors (Lipinski definition) is 6. The molecule has 7 nitrogen and oxygen atoms in total. The van der Waals surface area contributed by atoms with Gasteiger partial charge in [0.25, 0.3) is 5.91 Å². The number of hydrogen-bond donors (Lipinski definition) is 1.